The molecule has 0 fully saturated rings. The minimum atomic E-state index is 0.347. The highest BCUT2D eigenvalue weighted by Crippen LogP contribution is 2.40. The fourth-order valence-electron chi connectivity index (χ4n) is 2.22. The van der Waals surface area contributed by atoms with E-state index in [4.69, 9.17) is 9.47 Å². The number of hydrogen-bond acceptors (Lipinski definition) is 3. The van der Waals surface area contributed by atoms with Crippen LogP contribution < -0.4 is 14.8 Å². The second-order valence-corrected chi connectivity index (χ2v) is 5.90. The molecule has 0 aliphatic rings. The lowest BCUT2D eigenvalue weighted by Gasteiger charge is -2.26. The van der Waals surface area contributed by atoms with Crippen LogP contribution in [0.25, 0.3) is 0 Å². The summed E-state index contributed by atoms with van der Waals surface area (Å²) >= 11 is 3.55. The van der Waals surface area contributed by atoms with Crippen molar-refractivity contribution in [2.45, 2.75) is 45.7 Å². The monoisotopic (exact) mass is 329 g/mol. The quantitative estimate of drug-likeness (QED) is 0.856. The van der Waals surface area contributed by atoms with Crippen molar-refractivity contribution in [2.75, 3.05) is 14.2 Å². The summed E-state index contributed by atoms with van der Waals surface area (Å²) in [7, 11) is 3.35. The molecule has 19 heavy (non-hydrogen) atoms. The van der Waals surface area contributed by atoms with Crippen LogP contribution in [0.4, 0.5) is 0 Å². The van der Waals surface area contributed by atoms with Gasteiger partial charge in [-0.2, -0.15) is 0 Å². The largest absolute Gasteiger partial charge is 0.495 e. The average molecular weight is 330 g/mol. The Bertz CT molecular complexity index is 421. The molecule has 2 atom stereocenters. The second kappa shape index (κ2) is 7.15. The van der Waals surface area contributed by atoms with E-state index in [9.17, 15) is 0 Å². The van der Waals surface area contributed by atoms with Crippen LogP contribution in [0.5, 0.6) is 11.5 Å². The first kappa shape index (κ1) is 16.3. The molecule has 2 unspecified atom stereocenters. The molecule has 1 aromatic carbocycles. The van der Waals surface area contributed by atoms with Gasteiger partial charge in [-0.3, -0.25) is 0 Å². The van der Waals surface area contributed by atoms with Gasteiger partial charge in [0.1, 0.15) is 16.0 Å². The summed E-state index contributed by atoms with van der Waals surface area (Å²) in [5, 5.41) is 3.54. The zero-order chi connectivity index (χ0) is 14.6. The molecular weight excluding hydrogens is 306 g/mol. The van der Waals surface area contributed by atoms with Gasteiger partial charge in [-0.05, 0) is 40.4 Å². The Morgan fingerprint density at radius 3 is 2.16 bits per heavy atom. The van der Waals surface area contributed by atoms with Crippen LogP contribution in [-0.2, 0) is 0 Å². The minimum Gasteiger partial charge on any atom is -0.495 e. The highest BCUT2D eigenvalue weighted by molar-refractivity contribution is 9.10. The van der Waals surface area contributed by atoms with E-state index < -0.39 is 0 Å². The Balaban J connectivity index is 3.09. The van der Waals surface area contributed by atoms with E-state index in [0.29, 0.717) is 18.0 Å². The summed E-state index contributed by atoms with van der Waals surface area (Å²) < 4.78 is 11.7. The lowest BCUT2D eigenvalue weighted by Crippen LogP contribution is -2.36. The standard InChI is InChI=1S/C15H24BrNO2/c1-9(2)17-11(4)10(3)12-7-8-13(18-5)14(16)15(12)19-6/h7-11,17H,1-6H3. The van der Waals surface area contributed by atoms with E-state index in [1.807, 2.05) is 6.07 Å². The topological polar surface area (TPSA) is 30.5 Å². The van der Waals surface area contributed by atoms with Crippen LogP contribution in [-0.4, -0.2) is 26.3 Å². The summed E-state index contributed by atoms with van der Waals surface area (Å²) in [6.07, 6.45) is 0. The third kappa shape index (κ3) is 3.86. The third-order valence-electron chi connectivity index (χ3n) is 3.35. The van der Waals surface area contributed by atoms with Crippen molar-refractivity contribution in [3.63, 3.8) is 0 Å². The predicted octanol–water partition coefficient (Wildman–Crippen LogP) is 3.96. The lowest BCUT2D eigenvalue weighted by molar-refractivity contribution is 0.375. The maximum absolute atomic E-state index is 5.54. The molecule has 0 saturated heterocycles. The van der Waals surface area contributed by atoms with Gasteiger partial charge in [0.2, 0.25) is 0 Å². The molecule has 0 spiro atoms. The second-order valence-electron chi connectivity index (χ2n) is 5.10. The minimum absolute atomic E-state index is 0.347. The van der Waals surface area contributed by atoms with Crippen molar-refractivity contribution in [3.05, 3.63) is 22.2 Å². The number of halogens is 1. The lowest BCUT2D eigenvalue weighted by atomic mass is 9.93. The van der Waals surface area contributed by atoms with Crippen LogP contribution in [0.15, 0.2) is 16.6 Å². The number of rotatable bonds is 6. The van der Waals surface area contributed by atoms with Gasteiger partial charge in [0.05, 0.1) is 14.2 Å². The van der Waals surface area contributed by atoms with Crippen molar-refractivity contribution < 1.29 is 9.47 Å². The number of hydrogen-bond donors (Lipinski definition) is 1. The normalized spacial score (nSPS) is 14.3. The molecular formula is C15H24BrNO2. The van der Waals surface area contributed by atoms with Crippen LogP contribution in [0.3, 0.4) is 0 Å². The first-order valence-corrected chi connectivity index (χ1v) is 7.38. The fraction of sp³-hybridized carbons (Fsp3) is 0.600. The summed E-state index contributed by atoms with van der Waals surface area (Å²) in [6.45, 7) is 8.72. The molecule has 0 bridgehead atoms. The fourth-order valence-corrected chi connectivity index (χ4v) is 2.90. The van der Waals surface area contributed by atoms with Crippen molar-refractivity contribution >= 4 is 15.9 Å². The molecule has 0 aliphatic heterocycles. The number of benzene rings is 1. The van der Waals surface area contributed by atoms with E-state index in [1.54, 1.807) is 14.2 Å². The maximum Gasteiger partial charge on any atom is 0.140 e. The van der Waals surface area contributed by atoms with Gasteiger partial charge in [0.15, 0.2) is 0 Å². The molecule has 0 heterocycles. The summed E-state index contributed by atoms with van der Waals surface area (Å²) in [5.41, 5.74) is 1.18. The molecule has 0 radical (unpaired) electrons. The van der Waals surface area contributed by atoms with Gasteiger partial charge >= 0.3 is 0 Å². The summed E-state index contributed by atoms with van der Waals surface area (Å²) in [4.78, 5) is 0. The van der Waals surface area contributed by atoms with Crippen molar-refractivity contribution in [3.8, 4) is 11.5 Å². The van der Waals surface area contributed by atoms with Gasteiger partial charge in [-0.15, -0.1) is 0 Å². The third-order valence-corrected chi connectivity index (χ3v) is 4.10. The Labute approximate surface area is 124 Å². The van der Waals surface area contributed by atoms with Crippen molar-refractivity contribution in [1.29, 1.82) is 0 Å². The van der Waals surface area contributed by atoms with E-state index in [-0.39, 0.29) is 0 Å². The maximum atomic E-state index is 5.54. The van der Waals surface area contributed by atoms with Crippen LogP contribution >= 0.6 is 15.9 Å². The van der Waals surface area contributed by atoms with Gasteiger partial charge in [-0.25, -0.2) is 0 Å². The highest BCUT2D eigenvalue weighted by Gasteiger charge is 2.21. The molecule has 1 aromatic rings. The number of methoxy groups -OCH3 is 2. The molecule has 108 valence electrons. The first-order valence-electron chi connectivity index (χ1n) is 6.58. The highest BCUT2D eigenvalue weighted by atomic mass is 79.9. The zero-order valence-electron chi connectivity index (χ0n) is 12.6. The van der Waals surface area contributed by atoms with Gasteiger partial charge in [0.25, 0.3) is 0 Å². The van der Waals surface area contributed by atoms with Crippen LogP contribution in [0.1, 0.15) is 39.2 Å². The van der Waals surface area contributed by atoms with Crippen LogP contribution in [0, 0.1) is 0 Å². The summed E-state index contributed by atoms with van der Waals surface area (Å²) in [6, 6.07) is 4.88. The van der Waals surface area contributed by atoms with Crippen LogP contribution in [0.2, 0.25) is 0 Å². The predicted molar refractivity (Wildman–Crippen MR) is 83.4 cm³/mol. The molecule has 1 N–H and O–H groups in total. The molecule has 1 rings (SSSR count). The smallest absolute Gasteiger partial charge is 0.140 e. The molecule has 0 amide bonds. The number of nitrogens with one attached hydrogen (secondary N) is 1. The number of ether oxygens (including phenoxy) is 2. The molecule has 4 heteroatoms. The van der Waals surface area contributed by atoms with Gasteiger partial charge in [0, 0.05) is 12.1 Å². The Morgan fingerprint density at radius 1 is 1.05 bits per heavy atom. The van der Waals surface area contributed by atoms with Gasteiger partial charge < -0.3 is 14.8 Å². The Morgan fingerprint density at radius 2 is 1.68 bits per heavy atom. The SMILES string of the molecule is COc1ccc(C(C)C(C)NC(C)C)c(OC)c1Br. The van der Waals surface area contributed by atoms with E-state index in [0.717, 1.165) is 16.0 Å². The zero-order valence-corrected chi connectivity index (χ0v) is 14.2. The molecule has 0 saturated carbocycles. The average Bonchev–Trinajstić information content (AvgIpc) is 2.36. The first-order chi connectivity index (χ1) is 8.92. The Hall–Kier alpha value is -0.740. The van der Waals surface area contributed by atoms with Gasteiger partial charge in [-0.1, -0.05) is 26.8 Å². The molecule has 3 nitrogen and oxygen atoms in total. The van der Waals surface area contributed by atoms with E-state index in [1.165, 1.54) is 5.56 Å². The molecule has 0 aromatic heterocycles. The van der Waals surface area contributed by atoms with Crippen molar-refractivity contribution in [2.24, 2.45) is 0 Å². The molecule has 0 aliphatic carbocycles. The van der Waals surface area contributed by atoms with Crippen molar-refractivity contribution in [1.82, 2.24) is 5.32 Å². The van der Waals surface area contributed by atoms with E-state index in [2.05, 4.69) is 55.0 Å². The van der Waals surface area contributed by atoms with E-state index >= 15 is 0 Å². The summed E-state index contributed by atoms with van der Waals surface area (Å²) in [5.74, 6) is 1.99. The Kier molecular flexibility index (Phi) is 6.14.